The molecule has 0 aliphatic rings. The lowest BCUT2D eigenvalue weighted by Crippen LogP contribution is -2.11. The zero-order valence-corrected chi connectivity index (χ0v) is 11.7. The summed E-state index contributed by atoms with van der Waals surface area (Å²) in [6.07, 6.45) is 0. The van der Waals surface area contributed by atoms with Gasteiger partial charge in [0.05, 0.1) is 6.61 Å². The Bertz CT molecular complexity index is 597. The van der Waals surface area contributed by atoms with Gasteiger partial charge in [0.2, 0.25) is 0 Å². The summed E-state index contributed by atoms with van der Waals surface area (Å²) < 4.78 is 1.63. The molecule has 0 saturated carbocycles. The van der Waals surface area contributed by atoms with Crippen LogP contribution in [-0.2, 0) is 6.54 Å². The molecule has 2 N–H and O–H groups in total. The molecule has 0 saturated heterocycles. The highest BCUT2D eigenvalue weighted by Crippen LogP contribution is 2.25. The summed E-state index contributed by atoms with van der Waals surface area (Å²) in [5.41, 5.74) is 3.21. The molecule has 0 aliphatic heterocycles. The lowest BCUT2D eigenvalue weighted by molar-refractivity contribution is 0.0684. The van der Waals surface area contributed by atoms with E-state index < -0.39 is 5.97 Å². The Morgan fingerprint density at radius 3 is 2.30 bits per heavy atom. The lowest BCUT2D eigenvalue weighted by Gasteiger charge is -2.11. The van der Waals surface area contributed by atoms with Crippen LogP contribution in [0.4, 0.5) is 0 Å². The van der Waals surface area contributed by atoms with Gasteiger partial charge < -0.3 is 14.8 Å². The number of rotatable bonds is 5. The van der Waals surface area contributed by atoms with Crippen LogP contribution < -0.4 is 0 Å². The van der Waals surface area contributed by atoms with Gasteiger partial charge in [0.25, 0.3) is 0 Å². The number of aromatic nitrogens is 1. The Hall–Kier alpha value is -2.07. The van der Waals surface area contributed by atoms with Crippen molar-refractivity contribution < 1.29 is 15.0 Å². The van der Waals surface area contributed by atoms with Gasteiger partial charge in [0.1, 0.15) is 5.69 Å². The van der Waals surface area contributed by atoms with Crippen LogP contribution in [0.5, 0.6) is 0 Å². The molecule has 0 atom stereocenters. The molecule has 0 radical (unpaired) electrons. The van der Waals surface area contributed by atoms with E-state index in [9.17, 15) is 4.79 Å². The van der Waals surface area contributed by atoms with Gasteiger partial charge in [-0.2, -0.15) is 0 Å². The van der Waals surface area contributed by atoms with Crippen molar-refractivity contribution in [2.24, 2.45) is 0 Å². The maximum Gasteiger partial charge on any atom is 0.352 e. The minimum atomic E-state index is -0.983. The third kappa shape index (κ3) is 2.75. The number of carbonyl (C=O) groups is 1. The first-order chi connectivity index (χ1) is 9.54. The molecule has 1 aromatic heterocycles. The molecule has 0 unspecified atom stereocenters. The van der Waals surface area contributed by atoms with Crippen molar-refractivity contribution >= 4 is 5.97 Å². The van der Waals surface area contributed by atoms with Gasteiger partial charge in [-0.1, -0.05) is 38.1 Å². The van der Waals surface area contributed by atoms with Crippen molar-refractivity contribution in [3.63, 3.8) is 0 Å². The fourth-order valence-corrected chi connectivity index (χ4v) is 2.29. The average Bonchev–Trinajstić information content (AvgIpc) is 2.83. The van der Waals surface area contributed by atoms with Crippen molar-refractivity contribution in [2.45, 2.75) is 26.3 Å². The van der Waals surface area contributed by atoms with Crippen LogP contribution in [0.3, 0.4) is 0 Å². The normalized spacial score (nSPS) is 11.0. The molecule has 4 heteroatoms. The molecule has 4 nitrogen and oxygen atoms in total. The minimum Gasteiger partial charge on any atom is -0.477 e. The van der Waals surface area contributed by atoms with Gasteiger partial charge in [-0.05, 0) is 29.2 Å². The number of benzene rings is 1. The number of carboxylic acid groups (broad SMARTS) is 1. The van der Waals surface area contributed by atoms with Gasteiger partial charge in [-0.15, -0.1) is 0 Å². The van der Waals surface area contributed by atoms with E-state index in [-0.39, 0.29) is 18.8 Å². The van der Waals surface area contributed by atoms with Crippen molar-refractivity contribution in [3.05, 3.63) is 47.7 Å². The number of aromatic carboxylic acids is 1. The van der Waals surface area contributed by atoms with E-state index >= 15 is 0 Å². The Morgan fingerprint density at radius 1 is 1.15 bits per heavy atom. The molecule has 0 bridgehead atoms. The monoisotopic (exact) mass is 273 g/mol. The highest BCUT2D eigenvalue weighted by atomic mass is 16.4. The number of aliphatic hydroxyl groups is 1. The molecule has 0 fully saturated rings. The van der Waals surface area contributed by atoms with E-state index in [0.29, 0.717) is 5.92 Å². The summed E-state index contributed by atoms with van der Waals surface area (Å²) in [6, 6.07) is 11.4. The van der Waals surface area contributed by atoms with Crippen LogP contribution in [0.2, 0.25) is 0 Å². The molecular weight excluding hydrogens is 254 g/mol. The predicted octanol–water partition coefficient (Wildman–Crippen LogP) is 2.97. The Kier molecular flexibility index (Phi) is 4.25. The first-order valence-electron chi connectivity index (χ1n) is 6.68. The van der Waals surface area contributed by atoms with Crippen LogP contribution >= 0.6 is 0 Å². The number of carboxylic acids is 1. The second kappa shape index (κ2) is 5.92. The topological polar surface area (TPSA) is 62.5 Å². The van der Waals surface area contributed by atoms with E-state index in [1.165, 1.54) is 5.56 Å². The molecule has 0 amide bonds. The fourth-order valence-electron chi connectivity index (χ4n) is 2.29. The van der Waals surface area contributed by atoms with E-state index in [0.717, 1.165) is 11.3 Å². The summed E-state index contributed by atoms with van der Waals surface area (Å²) in [5.74, 6) is -0.522. The Morgan fingerprint density at radius 2 is 1.80 bits per heavy atom. The largest absolute Gasteiger partial charge is 0.477 e. The lowest BCUT2D eigenvalue weighted by atomic mass is 10.0. The van der Waals surface area contributed by atoms with Crippen molar-refractivity contribution in [1.82, 2.24) is 4.57 Å². The maximum atomic E-state index is 11.2. The second-order valence-corrected chi connectivity index (χ2v) is 5.06. The summed E-state index contributed by atoms with van der Waals surface area (Å²) >= 11 is 0. The third-order valence-electron chi connectivity index (χ3n) is 3.40. The predicted molar refractivity (Wildman–Crippen MR) is 78.0 cm³/mol. The summed E-state index contributed by atoms with van der Waals surface area (Å²) in [5, 5.41) is 18.3. The van der Waals surface area contributed by atoms with E-state index in [1.807, 2.05) is 12.1 Å². The number of hydrogen-bond acceptors (Lipinski definition) is 2. The molecule has 20 heavy (non-hydrogen) atoms. The quantitative estimate of drug-likeness (QED) is 0.880. The van der Waals surface area contributed by atoms with Crippen LogP contribution in [0.25, 0.3) is 11.3 Å². The van der Waals surface area contributed by atoms with E-state index in [2.05, 4.69) is 26.0 Å². The highest BCUT2D eigenvalue weighted by Gasteiger charge is 2.14. The third-order valence-corrected chi connectivity index (χ3v) is 3.40. The van der Waals surface area contributed by atoms with Crippen molar-refractivity contribution in [2.75, 3.05) is 6.61 Å². The number of nitrogens with zero attached hydrogens (tertiary/aromatic N) is 1. The Labute approximate surface area is 118 Å². The zero-order chi connectivity index (χ0) is 14.7. The van der Waals surface area contributed by atoms with Crippen molar-refractivity contribution in [3.8, 4) is 11.3 Å². The van der Waals surface area contributed by atoms with E-state index in [1.54, 1.807) is 16.7 Å². The van der Waals surface area contributed by atoms with Gasteiger partial charge in [0, 0.05) is 12.2 Å². The molecule has 2 rings (SSSR count). The number of hydrogen-bond donors (Lipinski definition) is 2. The Balaban J connectivity index is 2.43. The summed E-state index contributed by atoms with van der Waals surface area (Å²) in [6.45, 7) is 4.44. The maximum absolute atomic E-state index is 11.2. The van der Waals surface area contributed by atoms with Crippen LogP contribution in [0.1, 0.15) is 35.8 Å². The second-order valence-electron chi connectivity index (χ2n) is 5.06. The van der Waals surface area contributed by atoms with Crippen LogP contribution in [0, 0.1) is 0 Å². The fraction of sp³-hybridized carbons (Fsp3) is 0.312. The van der Waals surface area contributed by atoms with Crippen LogP contribution in [0.15, 0.2) is 36.4 Å². The smallest absolute Gasteiger partial charge is 0.352 e. The number of aliphatic hydroxyl groups excluding tert-OH is 1. The minimum absolute atomic E-state index is 0.0912. The van der Waals surface area contributed by atoms with Crippen LogP contribution in [-0.4, -0.2) is 27.4 Å². The van der Waals surface area contributed by atoms with Gasteiger partial charge in [0.15, 0.2) is 0 Å². The van der Waals surface area contributed by atoms with Gasteiger partial charge in [-0.25, -0.2) is 4.79 Å². The SMILES string of the molecule is CC(C)c1ccc(-c2ccc(C(=O)O)n2CCO)cc1. The average molecular weight is 273 g/mol. The van der Waals surface area contributed by atoms with Gasteiger partial charge >= 0.3 is 5.97 Å². The summed E-state index contributed by atoms with van der Waals surface area (Å²) in [7, 11) is 0. The summed E-state index contributed by atoms with van der Waals surface area (Å²) in [4.78, 5) is 11.2. The first kappa shape index (κ1) is 14.3. The first-order valence-corrected chi connectivity index (χ1v) is 6.68. The molecule has 1 aromatic carbocycles. The van der Waals surface area contributed by atoms with Gasteiger partial charge in [-0.3, -0.25) is 0 Å². The zero-order valence-electron chi connectivity index (χ0n) is 11.7. The molecule has 106 valence electrons. The standard InChI is InChI=1S/C16H19NO3/c1-11(2)12-3-5-13(6-4-12)14-7-8-15(16(19)20)17(14)9-10-18/h3-8,11,18H,9-10H2,1-2H3,(H,19,20). The molecule has 0 aliphatic carbocycles. The molecule has 1 heterocycles. The van der Waals surface area contributed by atoms with Crippen molar-refractivity contribution in [1.29, 1.82) is 0 Å². The molecular formula is C16H19NO3. The van der Waals surface area contributed by atoms with E-state index in [4.69, 9.17) is 10.2 Å². The highest BCUT2D eigenvalue weighted by molar-refractivity contribution is 5.87. The molecule has 2 aromatic rings. The molecule has 0 spiro atoms.